The van der Waals surface area contributed by atoms with Crippen molar-refractivity contribution in [1.29, 1.82) is 0 Å². The van der Waals surface area contributed by atoms with Gasteiger partial charge in [0, 0.05) is 36.9 Å². The van der Waals surface area contributed by atoms with Gasteiger partial charge in [0.1, 0.15) is 13.1 Å². The Morgan fingerprint density at radius 1 is 1.34 bits per heavy atom. The molecule has 6 heteroatoms. The van der Waals surface area contributed by atoms with E-state index in [1.165, 1.54) is 12.8 Å². The molecule has 0 saturated carbocycles. The number of methoxy groups -OCH3 is 1. The predicted molar refractivity (Wildman–Crippen MR) is 103 cm³/mol. The van der Waals surface area contributed by atoms with Gasteiger partial charge in [-0.3, -0.25) is 4.79 Å². The Morgan fingerprint density at radius 2 is 2.10 bits per heavy atom. The molecule has 0 amide bonds. The molecule has 3 aliphatic carbocycles. The number of allylic oxidation sites excluding steroid dienone is 3. The summed E-state index contributed by atoms with van der Waals surface area (Å²) in [6.45, 7) is 5.84. The van der Waals surface area contributed by atoms with Crippen molar-refractivity contribution < 1.29 is 29.1 Å². The molecule has 2 bridgehead atoms. The van der Waals surface area contributed by atoms with E-state index in [0.717, 1.165) is 25.1 Å². The van der Waals surface area contributed by atoms with E-state index in [2.05, 4.69) is 18.4 Å². The van der Waals surface area contributed by atoms with Crippen molar-refractivity contribution in [2.45, 2.75) is 39.5 Å². The normalized spacial score (nSPS) is 35.4. The highest BCUT2D eigenvalue weighted by molar-refractivity contribution is 6.13. The summed E-state index contributed by atoms with van der Waals surface area (Å²) < 4.78 is 7.50. The zero-order valence-electron chi connectivity index (χ0n) is 17.2. The first-order valence-electron chi connectivity index (χ1n) is 10.6. The minimum absolute atomic E-state index is 0.0140. The summed E-state index contributed by atoms with van der Waals surface area (Å²) in [6.07, 6.45) is 2.06. The highest BCUT2D eigenvalue weighted by Gasteiger charge is 2.62. The number of esters is 1. The van der Waals surface area contributed by atoms with Crippen LogP contribution in [-0.4, -0.2) is 54.0 Å². The fourth-order valence-electron chi connectivity index (χ4n) is 6.67. The van der Waals surface area contributed by atoms with E-state index in [1.54, 1.807) is 0 Å². The Morgan fingerprint density at radius 3 is 2.79 bits per heavy atom. The van der Waals surface area contributed by atoms with Crippen LogP contribution in [0.4, 0.5) is 0 Å². The Balaban J connectivity index is 1.90. The molecular formula is C23H27NO5. The van der Waals surface area contributed by atoms with E-state index in [1.807, 2.05) is 0 Å². The number of aliphatic hydroxyl groups excluding tert-OH is 1. The Bertz CT molecular complexity index is 981. The van der Waals surface area contributed by atoms with E-state index >= 15 is 0 Å². The molecular weight excluding hydrogens is 370 g/mol. The summed E-state index contributed by atoms with van der Waals surface area (Å²) >= 11 is 0. The summed E-state index contributed by atoms with van der Waals surface area (Å²) in [4.78, 5) is 26.1. The molecule has 0 aromatic rings. The summed E-state index contributed by atoms with van der Waals surface area (Å²) in [5, 5.41) is 23.5. The molecule has 1 N–H and O–H groups in total. The molecule has 0 radical (unpaired) electrons. The molecule has 6 nitrogen and oxygen atoms in total. The van der Waals surface area contributed by atoms with Crippen molar-refractivity contribution in [2.75, 3.05) is 26.8 Å². The number of ketones is 1. The quantitative estimate of drug-likeness (QED) is 0.564. The van der Waals surface area contributed by atoms with Crippen LogP contribution in [0.25, 0.3) is 0 Å². The van der Waals surface area contributed by atoms with Gasteiger partial charge in [0.15, 0.2) is 11.5 Å². The molecule has 5 rings (SSSR count). The number of rotatable bonds is 3. The maximum absolute atomic E-state index is 13.8. The molecule has 0 unspecified atom stereocenters. The first-order valence-corrected chi connectivity index (χ1v) is 10.6. The van der Waals surface area contributed by atoms with Gasteiger partial charge in [0.05, 0.1) is 18.1 Å². The van der Waals surface area contributed by atoms with E-state index in [4.69, 9.17) is 4.74 Å². The smallest absolute Gasteiger partial charge is 0.338 e. The summed E-state index contributed by atoms with van der Waals surface area (Å²) in [6, 6.07) is 0. The van der Waals surface area contributed by atoms with Gasteiger partial charge in [-0.15, -0.1) is 5.76 Å². The predicted octanol–water partition coefficient (Wildman–Crippen LogP) is 0.885. The van der Waals surface area contributed by atoms with Crippen LogP contribution in [-0.2, 0) is 14.3 Å². The number of carbonyl (C=O) groups is 2. The molecule has 2 heterocycles. The van der Waals surface area contributed by atoms with Crippen LogP contribution in [0.3, 0.4) is 0 Å². The van der Waals surface area contributed by atoms with Gasteiger partial charge < -0.3 is 14.9 Å². The topological polar surface area (TPSA) is 89.7 Å². The molecule has 0 saturated heterocycles. The number of aliphatic hydroxyl groups is 1. The Kier molecular flexibility index (Phi) is 3.98. The lowest BCUT2D eigenvalue weighted by Crippen LogP contribution is -2.40. The monoisotopic (exact) mass is 397 g/mol. The van der Waals surface area contributed by atoms with Gasteiger partial charge in [0.25, 0.3) is 0 Å². The third kappa shape index (κ3) is 2.18. The van der Waals surface area contributed by atoms with Gasteiger partial charge in [-0.1, -0.05) is 6.92 Å². The second-order valence-corrected chi connectivity index (χ2v) is 9.31. The molecule has 5 aliphatic rings. The maximum Gasteiger partial charge on any atom is 0.338 e. The first kappa shape index (κ1) is 18.8. The number of Topliss-reactive ketones (excluding diaryl/α,β-unsaturated/α-hetero) is 1. The highest BCUT2D eigenvalue weighted by atomic mass is 16.5. The van der Waals surface area contributed by atoms with Crippen LogP contribution in [0.1, 0.15) is 39.5 Å². The van der Waals surface area contributed by atoms with Crippen molar-refractivity contribution in [3.05, 3.63) is 33.6 Å². The molecule has 29 heavy (non-hydrogen) atoms. The second kappa shape index (κ2) is 6.14. The SMILES string of the molecule is COC(=O)C1=C(CCO)C2=C3C1=C([O-])[C@@H]1CC4=[N+](C[C@@H](CCC2=O)[C@@]34C)C[C@H]1C. The molecule has 0 aromatic carbocycles. The summed E-state index contributed by atoms with van der Waals surface area (Å²) in [7, 11) is 1.30. The average molecular weight is 397 g/mol. The van der Waals surface area contributed by atoms with Crippen LogP contribution >= 0.6 is 0 Å². The van der Waals surface area contributed by atoms with E-state index in [-0.39, 0.29) is 47.9 Å². The number of hydrogen-bond acceptors (Lipinski definition) is 5. The fourth-order valence-corrected chi connectivity index (χ4v) is 6.67. The van der Waals surface area contributed by atoms with E-state index < -0.39 is 11.4 Å². The first-order chi connectivity index (χ1) is 13.8. The highest BCUT2D eigenvalue weighted by Crippen LogP contribution is 2.60. The fraction of sp³-hybridized carbons (Fsp3) is 0.609. The maximum atomic E-state index is 13.8. The van der Waals surface area contributed by atoms with Gasteiger partial charge >= 0.3 is 5.97 Å². The van der Waals surface area contributed by atoms with E-state index in [0.29, 0.717) is 29.6 Å². The van der Waals surface area contributed by atoms with Gasteiger partial charge in [-0.25, -0.2) is 9.37 Å². The van der Waals surface area contributed by atoms with Crippen LogP contribution in [0.15, 0.2) is 33.6 Å². The number of carbonyl (C=O) groups excluding carboxylic acids is 2. The Labute approximate surface area is 170 Å². The van der Waals surface area contributed by atoms with Gasteiger partial charge in [0.2, 0.25) is 0 Å². The van der Waals surface area contributed by atoms with Crippen molar-refractivity contribution in [3.63, 3.8) is 0 Å². The largest absolute Gasteiger partial charge is 0.875 e. The standard InChI is InChI=1S/C23H27NO5/c1-11-9-24-10-12-4-5-15(26)17-13(6-7-25)18(22(28)29-3)19-20(17)23(12,2)16(24)8-14(11)21(19)27/h11-12,14,25H,4-10H2,1-3H3/t11-,12-,14-,23-/m1/s1. The molecule has 0 spiro atoms. The van der Waals surface area contributed by atoms with Crippen LogP contribution in [0, 0.1) is 23.2 Å². The third-order valence-corrected chi connectivity index (χ3v) is 8.05. The Hall–Kier alpha value is -2.21. The molecule has 2 aliphatic heterocycles. The van der Waals surface area contributed by atoms with Gasteiger partial charge in [-0.2, -0.15) is 0 Å². The van der Waals surface area contributed by atoms with Crippen molar-refractivity contribution in [2.24, 2.45) is 23.2 Å². The molecule has 4 atom stereocenters. The lowest BCUT2D eigenvalue weighted by Gasteiger charge is -2.32. The molecule has 0 fully saturated rings. The van der Waals surface area contributed by atoms with Crippen LogP contribution in [0.5, 0.6) is 0 Å². The summed E-state index contributed by atoms with van der Waals surface area (Å²) in [5.41, 5.74) is 3.26. The molecule has 154 valence electrons. The number of hydrogen-bond donors (Lipinski definition) is 1. The van der Waals surface area contributed by atoms with Crippen molar-refractivity contribution >= 4 is 17.5 Å². The number of fused-ring (bicyclic) bond motifs is 1. The third-order valence-electron chi connectivity index (χ3n) is 8.05. The van der Waals surface area contributed by atoms with Crippen molar-refractivity contribution in [1.82, 2.24) is 0 Å². The number of ether oxygens (including phenoxy) is 1. The van der Waals surface area contributed by atoms with Crippen molar-refractivity contribution in [3.8, 4) is 0 Å². The van der Waals surface area contributed by atoms with Crippen LogP contribution in [0.2, 0.25) is 0 Å². The van der Waals surface area contributed by atoms with Gasteiger partial charge in [-0.05, 0) is 42.4 Å². The second-order valence-electron chi connectivity index (χ2n) is 9.31. The zero-order chi connectivity index (χ0) is 20.7. The minimum Gasteiger partial charge on any atom is -0.875 e. The lowest BCUT2D eigenvalue weighted by molar-refractivity contribution is -0.539. The summed E-state index contributed by atoms with van der Waals surface area (Å²) in [5.74, 6) is -0.387. The minimum atomic E-state index is -0.582. The molecule has 0 aromatic heterocycles. The number of nitrogens with zero attached hydrogens (tertiary/aromatic N) is 1. The van der Waals surface area contributed by atoms with Crippen LogP contribution < -0.4 is 5.11 Å². The lowest BCUT2D eigenvalue weighted by atomic mass is 9.66. The average Bonchev–Trinajstić information content (AvgIpc) is 3.11. The zero-order valence-corrected chi connectivity index (χ0v) is 17.2. The van der Waals surface area contributed by atoms with E-state index in [9.17, 15) is 19.8 Å².